The molecule has 2 aromatic rings. The van der Waals surface area contributed by atoms with E-state index in [1.165, 1.54) is 18.1 Å². The Balaban J connectivity index is 1.73. The van der Waals surface area contributed by atoms with Gasteiger partial charge in [-0.05, 0) is 42.7 Å². The summed E-state index contributed by atoms with van der Waals surface area (Å²) in [6, 6.07) is 8.64. The fourth-order valence-corrected chi connectivity index (χ4v) is 6.25. The smallest absolute Gasteiger partial charge is 0.319 e. The van der Waals surface area contributed by atoms with Gasteiger partial charge in [0.2, 0.25) is 0 Å². The third-order valence-electron chi connectivity index (χ3n) is 7.08. The predicted molar refractivity (Wildman–Crippen MR) is 99.1 cm³/mol. The van der Waals surface area contributed by atoms with Crippen LogP contribution in [0.1, 0.15) is 24.1 Å². The van der Waals surface area contributed by atoms with E-state index in [0.29, 0.717) is 11.8 Å². The molecular weight excluding hydrogens is 328 g/mol. The van der Waals surface area contributed by atoms with Crippen molar-refractivity contribution in [2.75, 3.05) is 33.9 Å². The van der Waals surface area contributed by atoms with Gasteiger partial charge >= 0.3 is 5.97 Å². The van der Waals surface area contributed by atoms with Crippen LogP contribution in [0.15, 0.2) is 24.3 Å². The van der Waals surface area contributed by atoms with Gasteiger partial charge in [-0.25, -0.2) is 0 Å². The second kappa shape index (κ2) is 5.83. The lowest BCUT2D eigenvalue weighted by Gasteiger charge is -2.35. The molecule has 138 valence electrons. The Labute approximate surface area is 153 Å². The molecule has 5 nitrogen and oxygen atoms in total. The first-order chi connectivity index (χ1) is 12.7. The van der Waals surface area contributed by atoms with Crippen molar-refractivity contribution in [1.82, 2.24) is 9.88 Å². The van der Waals surface area contributed by atoms with Gasteiger partial charge in [0.1, 0.15) is 5.41 Å². The van der Waals surface area contributed by atoms with Gasteiger partial charge in [-0.3, -0.25) is 9.69 Å². The number of piperidine rings is 1. The van der Waals surface area contributed by atoms with Crippen molar-refractivity contribution in [1.29, 1.82) is 0 Å². The number of aromatic nitrogens is 1. The van der Waals surface area contributed by atoms with Crippen LogP contribution in [0.3, 0.4) is 0 Å². The van der Waals surface area contributed by atoms with Crippen molar-refractivity contribution in [2.24, 2.45) is 11.8 Å². The van der Waals surface area contributed by atoms with Gasteiger partial charge in [0.15, 0.2) is 0 Å². The lowest BCUT2D eigenvalue weighted by atomic mass is 9.73. The van der Waals surface area contributed by atoms with Crippen LogP contribution >= 0.6 is 0 Å². The minimum Gasteiger partial charge on any atom is -0.468 e. The number of carbonyl (C=O) groups is 1. The number of rotatable bonds is 4. The number of carbonyl (C=O) groups excluding carboxylic acids is 1. The normalized spacial score (nSPS) is 34.7. The summed E-state index contributed by atoms with van der Waals surface area (Å²) >= 11 is 0. The third kappa shape index (κ3) is 1.90. The van der Waals surface area contributed by atoms with E-state index in [2.05, 4.69) is 34.1 Å². The van der Waals surface area contributed by atoms with E-state index in [-0.39, 0.29) is 12.0 Å². The van der Waals surface area contributed by atoms with E-state index >= 15 is 0 Å². The first-order valence-corrected chi connectivity index (χ1v) is 9.63. The van der Waals surface area contributed by atoms with Gasteiger partial charge in [-0.2, -0.15) is 0 Å². The van der Waals surface area contributed by atoms with E-state index in [4.69, 9.17) is 9.47 Å². The summed E-state index contributed by atoms with van der Waals surface area (Å²) in [5.74, 6) is 0.726. The van der Waals surface area contributed by atoms with Gasteiger partial charge in [-0.1, -0.05) is 18.2 Å². The number of nitrogens with one attached hydrogen (secondary N) is 1. The second-order valence-corrected chi connectivity index (χ2v) is 8.05. The van der Waals surface area contributed by atoms with Crippen LogP contribution in [0.4, 0.5) is 0 Å². The minimum atomic E-state index is -0.558. The van der Waals surface area contributed by atoms with E-state index in [9.17, 15) is 4.79 Å². The van der Waals surface area contributed by atoms with E-state index in [1.54, 1.807) is 7.11 Å². The van der Waals surface area contributed by atoms with Crippen LogP contribution in [-0.4, -0.2) is 55.8 Å². The summed E-state index contributed by atoms with van der Waals surface area (Å²) in [6.07, 6.45) is 3.06. The van der Waals surface area contributed by atoms with Crippen molar-refractivity contribution in [2.45, 2.75) is 30.7 Å². The molecule has 0 radical (unpaired) electrons. The molecule has 5 heteroatoms. The third-order valence-corrected chi connectivity index (χ3v) is 7.08. The van der Waals surface area contributed by atoms with Gasteiger partial charge in [0.25, 0.3) is 0 Å². The van der Waals surface area contributed by atoms with Crippen molar-refractivity contribution < 1.29 is 14.3 Å². The maximum Gasteiger partial charge on any atom is 0.319 e. The van der Waals surface area contributed by atoms with Crippen LogP contribution in [0, 0.1) is 11.8 Å². The molecule has 4 bridgehead atoms. The Bertz CT molecular complexity index is 860. The number of esters is 1. The monoisotopic (exact) mass is 354 g/mol. The maximum atomic E-state index is 13.3. The lowest BCUT2D eigenvalue weighted by Crippen LogP contribution is -2.49. The number of fused-ring (bicyclic) bond motifs is 3. The fraction of sp³-hybridized carbons (Fsp3) is 0.571. The predicted octanol–water partition coefficient (Wildman–Crippen LogP) is 2.49. The number of nitrogens with zero attached hydrogens (tertiary/aromatic N) is 1. The van der Waals surface area contributed by atoms with Crippen molar-refractivity contribution >= 4 is 16.9 Å². The highest BCUT2D eigenvalue weighted by atomic mass is 16.5. The molecule has 0 spiro atoms. The van der Waals surface area contributed by atoms with Crippen LogP contribution < -0.4 is 0 Å². The molecule has 3 unspecified atom stereocenters. The zero-order chi connectivity index (χ0) is 17.9. The molecule has 1 aliphatic carbocycles. The average Bonchev–Trinajstić information content (AvgIpc) is 3.25. The highest BCUT2D eigenvalue weighted by Gasteiger charge is 2.69. The van der Waals surface area contributed by atoms with Gasteiger partial charge in [0.05, 0.1) is 7.11 Å². The molecule has 5 rings (SSSR count). The summed E-state index contributed by atoms with van der Waals surface area (Å²) < 4.78 is 10.8. The summed E-state index contributed by atoms with van der Waals surface area (Å²) in [7, 11) is 3.29. The molecule has 2 aliphatic heterocycles. The molecular formula is C21H26N2O3. The number of hydrogen-bond acceptors (Lipinski definition) is 4. The van der Waals surface area contributed by atoms with Crippen molar-refractivity contribution in [3.63, 3.8) is 0 Å². The first-order valence-electron chi connectivity index (χ1n) is 9.63. The number of benzene rings is 1. The van der Waals surface area contributed by atoms with Gasteiger partial charge in [0, 0.05) is 49.4 Å². The molecule has 1 aromatic carbocycles. The number of hydrogen-bond donors (Lipinski definition) is 1. The highest BCUT2D eigenvalue weighted by Crippen LogP contribution is 2.59. The summed E-state index contributed by atoms with van der Waals surface area (Å²) in [6.45, 7) is 2.76. The van der Waals surface area contributed by atoms with Crippen LogP contribution in [0.25, 0.3) is 10.9 Å². The number of methoxy groups -OCH3 is 2. The summed E-state index contributed by atoms with van der Waals surface area (Å²) in [4.78, 5) is 19.5. The summed E-state index contributed by atoms with van der Waals surface area (Å²) in [5, 5.41) is 1.26. The zero-order valence-electron chi connectivity index (χ0n) is 15.5. The molecule has 1 saturated carbocycles. The topological polar surface area (TPSA) is 54.6 Å². The number of aromatic amines is 1. The van der Waals surface area contributed by atoms with E-state index < -0.39 is 5.41 Å². The van der Waals surface area contributed by atoms with Gasteiger partial charge < -0.3 is 14.5 Å². The van der Waals surface area contributed by atoms with Crippen molar-refractivity contribution in [3.05, 3.63) is 35.5 Å². The Morgan fingerprint density at radius 2 is 2.19 bits per heavy atom. The van der Waals surface area contributed by atoms with Crippen molar-refractivity contribution in [3.8, 4) is 0 Å². The minimum absolute atomic E-state index is 0.0652. The van der Waals surface area contributed by atoms with Crippen LogP contribution in [0.5, 0.6) is 0 Å². The number of ether oxygens (including phenoxy) is 2. The lowest BCUT2D eigenvalue weighted by molar-refractivity contribution is -0.149. The molecule has 1 aromatic heterocycles. The molecule has 1 N–H and O–H groups in total. The molecule has 2 fully saturated rings. The summed E-state index contributed by atoms with van der Waals surface area (Å²) in [5.41, 5.74) is 3.02. The molecule has 3 heterocycles. The molecule has 5 atom stereocenters. The molecule has 1 saturated heterocycles. The SMILES string of the molecule is COCC[C@@H]1CC2CN3CCc4c([nH]c5ccccc45)[C@@]2(C(=O)OC)C13. The largest absolute Gasteiger partial charge is 0.468 e. The van der Waals surface area contributed by atoms with E-state index in [0.717, 1.165) is 50.2 Å². The zero-order valence-corrected chi connectivity index (χ0v) is 15.5. The Morgan fingerprint density at radius 3 is 3.00 bits per heavy atom. The van der Waals surface area contributed by atoms with Crippen LogP contribution in [-0.2, 0) is 26.1 Å². The Hall–Kier alpha value is -1.85. The molecule has 3 aliphatic rings. The second-order valence-electron chi connectivity index (χ2n) is 8.05. The Kier molecular flexibility index (Phi) is 3.66. The standard InChI is InChI=1S/C21H26N2O3/c1-25-10-8-13-11-14-12-23-9-7-16-15-5-3-4-6-17(15)22-18(16)21(14,19(13)23)20(24)26-2/h3-6,13-14,19,22H,7-12H2,1-2H3/t13-,14?,19?,21-/m1/s1. The number of para-hydroxylation sites is 1. The average molecular weight is 354 g/mol. The molecule has 0 amide bonds. The highest BCUT2D eigenvalue weighted by molar-refractivity contribution is 5.92. The Morgan fingerprint density at radius 1 is 1.35 bits per heavy atom. The van der Waals surface area contributed by atoms with E-state index in [1.807, 2.05) is 0 Å². The number of H-pyrrole nitrogens is 1. The van der Waals surface area contributed by atoms with Gasteiger partial charge in [-0.15, -0.1) is 0 Å². The first kappa shape index (κ1) is 16.3. The van der Waals surface area contributed by atoms with Crippen LogP contribution in [0.2, 0.25) is 0 Å². The fourth-order valence-electron chi connectivity index (χ4n) is 6.25. The quantitative estimate of drug-likeness (QED) is 0.857. The molecule has 26 heavy (non-hydrogen) atoms. The maximum absolute atomic E-state index is 13.3.